The van der Waals surface area contributed by atoms with Gasteiger partial charge in [-0.3, -0.25) is 0 Å². The number of benzene rings is 4. The summed E-state index contributed by atoms with van der Waals surface area (Å²) in [6.45, 7) is 16.2. The van der Waals surface area contributed by atoms with E-state index >= 15 is 0 Å². The third-order valence-electron chi connectivity index (χ3n) is 8.60. The summed E-state index contributed by atoms with van der Waals surface area (Å²) >= 11 is 0. The molecule has 41 heavy (non-hydrogen) atoms. The van der Waals surface area contributed by atoms with Gasteiger partial charge >= 0.3 is 0 Å². The quantitative estimate of drug-likeness (QED) is 0.167. The highest BCUT2D eigenvalue weighted by atomic mass is 28.4. The molecule has 4 aromatic rings. The molecule has 0 saturated heterocycles. The third kappa shape index (κ3) is 5.90. The molecule has 4 aromatic carbocycles. The zero-order chi connectivity index (χ0) is 29.2. The van der Waals surface area contributed by atoms with E-state index in [0.29, 0.717) is 6.61 Å². The van der Waals surface area contributed by atoms with Crippen LogP contribution in [-0.2, 0) is 9.16 Å². The van der Waals surface area contributed by atoms with E-state index in [1.807, 2.05) is 0 Å². The predicted molar refractivity (Wildman–Crippen MR) is 175 cm³/mol. The van der Waals surface area contributed by atoms with Gasteiger partial charge in [-0.05, 0) is 65.4 Å². The molecule has 0 amide bonds. The van der Waals surface area contributed by atoms with Crippen LogP contribution in [0.15, 0.2) is 109 Å². The maximum atomic E-state index is 7.29. The Hall–Kier alpha value is -3.24. The summed E-state index contributed by atoms with van der Waals surface area (Å²) in [6, 6.07) is 35.2. The van der Waals surface area contributed by atoms with Gasteiger partial charge in [0.25, 0.3) is 8.32 Å². The summed E-state index contributed by atoms with van der Waals surface area (Å²) in [5.74, 6) is 0.138. The highest BCUT2D eigenvalue weighted by Gasteiger charge is 2.50. The van der Waals surface area contributed by atoms with Gasteiger partial charge in [0.1, 0.15) is 0 Å². The van der Waals surface area contributed by atoms with Crippen LogP contribution in [0.5, 0.6) is 0 Å². The fourth-order valence-electron chi connectivity index (χ4n) is 6.45. The van der Waals surface area contributed by atoms with Crippen LogP contribution < -0.4 is 10.4 Å². The van der Waals surface area contributed by atoms with E-state index in [4.69, 9.17) is 9.16 Å². The van der Waals surface area contributed by atoms with Crippen molar-refractivity contribution in [1.82, 2.24) is 0 Å². The summed E-state index contributed by atoms with van der Waals surface area (Å²) < 4.78 is 14.4. The minimum Gasteiger partial charge on any atom is -0.404 e. The zero-order valence-corrected chi connectivity index (χ0v) is 26.6. The normalized spacial score (nSPS) is 19.3. The monoisotopic (exact) mass is 560 g/mol. The summed E-state index contributed by atoms with van der Waals surface area (Å²) in [5, 5.41) is 2.50. The minimum atomic E-state index is -2.67. The van der Waals surface area contributed by atoms with Crippen molar-refractivity contribution in [3.05, 3.63) is 143 Å². The van der Waals surface area contributed by atoms with Gasteiger partial charge in [0, 0.05) is 5.92 Å². The largest absolute Gasteiger partial charge is 0.404 e. The Labute approximate surface area is 248 Å². The van der Waals surface area contributed by atoms with Crippen molar-refractivity contribution in [2.75, 3.05) is 6.61 Å². The Morgan fingerprint density at radius 2 is 1.17 bits per heavy atom. The highest BCUT2D eigenvalue weighted by Crippen LogP contribution is 2.43. The Bertz CT molecular complexity index is 1460. The molecular formula is C38H44O2Si. The second kappa shape index (κ2) is 11.9. The van der Waals surface area contributed by atoms with Gasteiger partial charge in [0.2, 0.25) is 0 Å². The molecular weight excluding hydrogens is 517 g/mol. The highest BCUT2D eigenvalue weighted by molar-refractivity contribution is 6.99. The van der Waals surface area contributed by atoms with Crippen LogP contribution in [0.3, 0.4) is 0 Å². The number of rotatable bonds is 7. The van der Waals surface area contributed by atoms with E-state index in [1.54, 1.807) is 0 Å². The van der Waals surface area contributed by atoms with E-state index in [9.17, 15) is 0 Å². The summed E-state index contributed by atoms with van der Waals surface area (Å²) in [7, 11) is -2.67. The first-order valence-electron chi connectivity index (χ1n) is 14.8. The van der Waals surface area contributed by atoms with Crippen molar-refractivity contribution in [3.8, 4) is 0 Å². The minimum absolute atomic E-state index is 0.0815. The molecule has 1 aliphatic heterocycles. The van der Waals surface area contributed by atoms with Crippen molar-refractivity contribution in [2.45, 2.75) is 71.6 Å². The molecule has 0 aliphatic carbocycles. The number of hydrogen-bond donors (Lipinski definition) is 0. The van der Waals surface area contributed by atoms with Gasteiger partial charge in [0.05, 0.1) is 18.8 Å². The Balaban J connectivity index is 1.55. The first kappa shape index (κ1) is 29.3. The fraction of sp³-hybridized carbons (Fsp3) is 0.316. The third-order valence-corrected chi connectivity index (χ3v) is 13.6. The average molecular weight is 561 g/mol. The smallest absolute Gasteiger partial charge is 0.261 e. The van der Waals surface area contributed by atoms with Gasteiger partial charge in [-0.15, -0.1) is 0 Å². The molecule has 1 heterocycles. The first-order valence-corrected chi connectivity index (χ1v) is 16.7. The molecule has 0 bridgehead atoms. The van der Waals surface area contributed by atoms with Crippen molar-refractivity contribution in [1.29, 1.82) is 0 Å². The van der Waals surface area contributed by atoms with Crippen molar-refractivity contribution in [3.63, 3.8) is 0 Å². The van der Waals surface area contributed by atoms with E-state index in [0.717, 1.165) is 0 Å². The Morgan fingerprint density at radius 1 is 0.659 bits per heavy atom. The van der Waals surface area contributed by atoms with Gasteiger partial charge < -0.3 is 9.16 Å². The van der Waals surface area contributed by atoms with Crippen molar-refractivity contribution < 1.29 is 9.16 Å². The van der Waals surface area contributed by atoms with Crippen LogP contribution in [-0.4, -0.2) is 21.0 Å². The molecule has 0 radical (unpaired) electrons. The summed E-state index contributed by atoms with van der Waals surface area (Å²) in [4.78, 5) is 0. The van der Waals surface area contributed by atoms with Crippen LogP contribution in [0.25, 0.3) is 0 Å². The number of hydrogen-bond acceptors (Lipinski definition) is 2. The Morgan fingerprint density at radius 3 is 1.71 bits per heavy atom. The number of ether oxygens (including phenoxy) is 1. The molecule has 2 nitrogen and oxygen atoms in total. The maximum Gasteiger partial charge on any atom is 0.261 e. The van der Waals surface area contributed by atoms with Crippen LogP contribution >= 0.6 is 0 Å². The first-order chi connectivity index (χ1) is 19.6. The lowest BCUT2D eigenvalue weighted by Crippen LogP contribution is -2.67. The van der Waals surface area contributed by atoms with E-state index in [2.05, 4.69) is 158 Å². The molecule has 3 heteroatoms. The summed E-state index contributed by atoms with van der Waals surface area (Å²) in [5.41, 5.74) is 7.68. The number of aryl methyl sites for hydroxylation is 4. The molecule has 0 fully saturated rings. The van der Waals surface area contributed by atoms with E-state index in [-0.39, 0.29) is 23.2 Å². The van der Waals surface area contributed by atoms with Crippen LogP contribution in [0.1, 0.15) is 66.2 Å². The molecule has 0 saturated carbocycles. The lowest BCUT2D eigenvalue weighted by atomic mass is 9.82. The van der Waals surface area contributed by atoms with Crippen molar-refractivity contribution >= 4 is 18.7 Å². The molecule has 0 spiro atoms. The maximum absolute atomic E-state index is 7.29. The van der Waals surface area contributed by atoms with Gasteiger partial charge in [0.15, 0.2) is 0 Å². The zero-order valence-electron chi connectivity index (χ0n) is 25.6. The second-order valence-corrected chi connectivity index (χ2v) is 17.0. The molecule has 0 unspecified atom stereocenters. The fourth-order valence-corrected chi connectivity index (χ4v) is 11.0. The topological polar surface area (TPSA) is 18.5 Å². The van der Waals surface area contributed by atoms with Crippen LogP contribution in [0, 0.1) is 27.7 Å². The Kier molecular flexibility index (Phi) is 8.51. The van der Waals surface area contributed by atoms with E-state index < -0.39 is 8.32 Å². The van der Waals surface area contributed by atoms with Gasteiger partial charge in [-0.25, -0.2) is 0 Å². The van der Waals surface area contributed by atoms with Crippen LogP contribution in [0.4, 0.5) is 0 Å². The lowest BCUT2D eigenvalue weighted by molar-refractivity contribution is -0.0282. The molecule has 0 N–H and O–H groups in total. The average Bonchev–Trinajstić information content (AvgIpc) is 2.96. The second-order valence-electron chi connectivity index (χ2n) is 12.7. The molecule has 5 rings (SSSR count). The molecule has 0 aromatic heterocycles. The van der Waals surface area contributed by atoms with E-state index in [1.165, 1.54) is 43.8 Å². The van der Waals surface area contributed by atoms with Gasteiger partial charge in [-0.1, -0.05) is 141 Å². The molecule has 212 valence electrons. The molecule has 3 atom stereocenters. The van der Waals surface area contributed by atoms with Gasteiger partial charge in [-0.2, -0.15) is 0 Å². The standard InChI is InChI=1S/C38H44O2Si/c1-27-18-20-29(3)35(24-27)34-23-22-31(40-37(34)36-25-28(2)19-21-30(36)4)26-39-41(38(5,6)7,32-14-10-8-11-15-32)33-16-12-9-13-17-33/h8-25,31,34,37H,26H2,1-7H3/t31-,34-,37+/m0/s1. The predicted octanol–water partition coefficient (Wildman–Crippen LogP) is 8.28. The van der Waals surface area contributed by atoms with Crippen LogP contribution in [0.2, 0.25) is 5.04 Å². The lowest BCUT2D eigenvalue weighted by Gasteiger charge is -2.44. The van der Waals surface area contributed by atoms with Crippen molar-refractivity contribution in [2.24, 2.45) is 0 Å². The summed E-state index contributed by atoms with van der Waals surface area (Å²) in [6.07, 6.45) is 4.37. The SMILES string of the molecule is Cc1ccc(C)c([C@@H]2C=C[C@@H](CO[Si](c3ccccc3)(c3ccccc3)C(C)(C)C)O[C@H]2c2cc(C)ccc2C)c1. The molecule has 1 aliphatic rings.